The van der Waals surface area contributed by atoms with Crippen LogP contribution in [0.4, 0.5) is 0 Å². The third kappa shape index (κ3) is 3.42. The van der Waals surface area contributed by atoms with E-state index in [2.05, 4.69) is 29.8 Å². The van der Waals surface area contributed by atoms with E-state index in [0.29, 0.717) is 6.04 Å². The standard InChI is InChI=1S/C17H22N2OS2/c1-3-7-19-8-5-13(6-9-19)18-16(20)15-11-12-10-14(4-2)21-17(12)22-15/h3,10-11,13H,1,4-9H2,2H3,(H,18,20). The summed E-state index contributed by atoms with van der Waals surface area (Å²) in [5, 5.41) is 4.42. The number of fused-ring (bicyclic) bond motifs is 1. The molecule has 22 heavy (non-hydrogen) atoms. The van der Waals surface area contributed by atoms with Crippen LogP contribution in [0.2, 0.25) is 0 Å². The quantitative estimate of drug-likeness (QED) is 0.841. The van der Waals surface area contributed by atoms with Crippen molar-refractivity contribution in [2.45, 2.75) is 32.2 Å². The van der Waals surface area contributed by atoms with Crippen LogP contribution in [0.5, 0.6) is 0 Å². The molecule has 0 aliphatic carbocycles. The van der Waals surface area contributed by atoms with Crippen molar-refractivity contribution in [2.75, 3.05) is 19.6 Å². The van der Waals surface area contributed by atoms with Crippen LogP contribution in [-0.4, -0.2) is 36.5 Å². The van der Waals surface area contributed by atoms with Crippen molar-refractivity contribution in [2.24, 2.45) is 0 Å². The van der Waals surface area contributed by atoms with Crippen LogP contribution in [-0.2, 0) is 6.42 Å². The maximum atomic E-state index is 12.4. The first-order valence-corrected chi connectivity index (χ1v) is 9.49. The molecule has 2 aromatic heterocycles. The Morgan fingerprint density at radius 2 is 2.18 bits per heavy atom. The van der Waals surface area contributed by atoms with Gasteiger partial charge in [-0.2, -0.15) is 0 Å². The van der Waals surface area contributed by atoms with Crippen molar-refractivity contribution in [3.8, 4) is 0 Å². The van der Waals surface area contributed by atoms with E-state index in [1.807, 2.05) is 23.5 Å². The zero-order chi connectivity index (χ0) is 15.5. The van der Waals surface area contributed by atoms with Gasteiger partial charge in [0.25, 0.3) is 5.91 Å². The van der Waals surface area contributed by atoms with E-state index in [-0.39, 0.29) is 5.91 Å². The van der Waals surface area contributed by atoms with E-state index in [4.69, 9.17) is 0 Å². The third-order valence-electron chi connectivity index (χ3n) is 4.15. The van der Waals surface area contributed by atoms with Gasteiger partial charge in [0.15, 0.2) is 0 Å². The third-order valence-corrected chi connectivity index (χ3v) is 6.68. The summed E-state index contributed by atoms with van der Waals surface area (Å²) in [5.41, 5.74) is 0. The highest BCUT2D eigenvalue weighted by Gasteiger charge is 2.21. The van der Waals surface area contributed by atoms with Crippen LogP contribution in [0.1, 0.15) is 34.3 Å². The van der Waals surface area contributed by atoms with Gasteiger partial charge in [-0.15, -0.1) is 29.3 Å². The molecule has 1 fully saturated rings. The fourth-order valence-corrected chi connectivity index (χ4v) is 5.21. The minimum absolute atomic E-state index is 0.0913. The van der Waals surface area contributed by atoms with Crippen LogP contribution >= 0.6 is 22.7 Å². The molecule has 0 atom stereocenters. The maximum Gasteiger partial charge on any atom is 0.261 e. The number of carbonyl (C=O) groups excluding carboxylic acids is 1. The Labute approximate surface area is 139 Å². The number of amides is 1. The van der Waals surface area contributed by atoms with Gasteiger partial charge < -0.3 is 5.32 Å². The van der Waals surface area contributed by atoms with Crippen molar-refractivity contribution in [1.29, 1.82) is 0 Å². The molecule has 1 aliphatic rings. The van der Waals surface area contributed by atoms with Gasteiger partial charge >= 0.3 is 0 Å². The van der Waals surface area contributed by atoms with Gasteiger partial charge in [0, 0.05) is 35.9 Å². The van der Waals surface area contributed by atoms with Crippen molar-refractivity contribution in [1.82, 2.24) is 10.2 Å². The molecule has 1 aliphatic heterocycles. The van der Waals surface area contributed by atoms with E-state index in [1.165, 1.54) is 14.3 Å². The first-order chi connectivity index (χ1) is 10.7. The van der Waals surface area contributed by atoms with E-state index in [9.17, 15) is 4.79 Å². The van der Waals surface area contributed by atoms with E-state index in [1.54, 1.807) is 11.3 Å². The van der Waals surface area contributed by atoms with E-state index in [0.717, 1.165) is 43.8 Å². The van der Waals surface area contributed by atoms with Crippen LogP contribution in [0, 0.1) is 0 Å². The molecule has 3 nitrogen and oxygen atoms in total. The first kappa shape index (κ1) is 15.7. The number of thiophene rings is 2. The van der Waals surface area contributed by atoms with E-state index >= 15 is 0 Å². The lowest BCUT2D eigenvalue weighted by molar-refractivity contribution is 0.0918. The molecule has 0 unspecified atom stereocenters. The molecule has 2 aromatic rings. The second-order valence-electron chi connectivity index (χ2n) is 5.76. The Balaban J connectivity index is 1.59. The van der Waals surface area contributed by atoms with Crippen LogP contribution < -0.4 is 5.32 Å². The molecular weight excluding hydrogens is 312 g/mol. The molecule has 1 saturated heterocycles. The number of hydrogen-bond donors (Lipinski definition) is 1. The molecule has 0 saturated carbocycles. The number of nitrogens with zero attached hydrogens (tertiary/aromatic N) is 1. The summed E-state index contributed by atoms with van der Waals surface area (Å²) < 4.78 is 1.27. The first-order valence-electron chi connectivity index (χ1n) is 7.86. The fraction of sp³-hybridized carbons (Fsp3) is 0.471. The minimum Gasteiger partial charge on any atom is -0.349 e. The topological polar surface area (TPSA) is 32.3 Å². The molecule has 118 valence electrons. The van der Waals surface area contributed by atoms with Gasteiger partial charge in [-0.25, -0.2) is 0 Å². The number of carbonyl (C=O) groups is 1. The summed E-state index contributed by atoms with van der Waals surface area (Å²) >= 11 is 3.43. The van der Waals surface area contributed by atoms with E-state index < -0.39 is 0 Å². The predicted molar refractivity (Wildman–Crippen MR) is 96.2 cm³/mol. The fourth-order valence-electron chi connectivity index (χ4n) is 2.88. The molecule has 3 rings (SSSR count). The smallest absolute Gasteiger partial charge is 0.261 e. The van der Waals surface area contributed by atoms with Gasteiger partial charge in [0.1, 0.15) is 0 Å². The molecule has 0 spiro atoms. The largest absolute Gasteiger partial charge is 0.349 e. The molecule has 1 N–H and O–H groups in total. The highest BCUT2D eigenvalue weighted by molar-refractivity contribution is 7.39. The average Bonchev–Trinajstić information content (AvgIpc) is 3.07. The molecule has 5 heteroatoms. The highest BCUT2D eigenvalue weighted by atomic mass is 32.2. The Hall–Kier alpha value is -1.17. The molecule has 0 aromatic carbocycles. The average molecular weight is 335 g/mol. The summed E-state index contributed by atoms with van der Waals surface area (Å²) in [6.07, 6.45) is 5.07. The Kier molecular flexibility index (Phi) is 4.96. The Morgan fingerprint density at radius 1 is 1.41 bits per heavy atom. The zero-order valence-corrected chi connectivity index (χ0v) is 14.6. The number of hydrogen-bond acceptors (Lipinski definition) is 4. The number of nitrogens with one attached hydrogen (secondary N) is 1. The lowest BCUT2D eigenvalue weighted by Crippen LogP contribution is -2.44. The summed E-state index contributed by atoms with van der Waals surface area (Å²) in [7, 11) is 0. The molecule has 1 amide bonds. The molecule has 0 radical (unpaired) electrons. The summed E-state index contributed by atoms with van der Waals surface area (Å²) in [5.74, 6) is 0.0913. The number of likely N-dealkylation sites (tertiary alicyclic amines) is 1. The van der Waals surface area contributed by atoms with Crippen molar-refractivity contribution < 1.29 is 4.79 Å². The maximum absolute atomic E-state index is 12.4. The Bertz CT molecular complexity index is 634. The minimum atomic E-state index is 0.0913. The van der Waals surface area contributed by atoms with Gasteiger partial charge in [-0.05, 0) is 31.4 Å². The normalized spacial score (nSPS) is 17.0. The van der Waals surface area contributed by atoms with Crippen LogP contribution in [0.25, 0.3) is 9.40 Å². The number of rotatable bonds is 5. The predicted octanol–water partition coefficient (Wildman–Crippen LogP) is 3.91. The Morgan fingerprint density at radius 3 is 2.82 bits per heavy atom. The van der Waals surface area contributed by atoms with Gasteiger partial charge in [-0.3, -0.25) is 9.69 Å². The van der Waals surface area contributed by atoms with Crippen molar-refractivity contribution in [3.63, 3.8) is 0 Å². The molecular formula is C17H22N2OS2. The SMILES string of the molecule is C=CCN1CCC(NC(=O)c2cc3cc(CC)sc3s2)CC1. The lowest BCUT2D eigenvalue weighted by atomic mass is 10.0. The second kappa shape index (κ2) is 6.94. The summed E-state index contributed by atoms with van der Waals surface area (Å²) in [6.45, 7) is 8.97. The lowest BCUT2D eigenvalue weighted by Gasteiger charge is -2.31. The highest BCUT2D eigenvalue weighted by Crippen LogP contribution is 2.33. The molecule has 3 heterocycles. The monoisotopic (exact) mass is 334 g/mol. The van der Waals surface area contributed by atoms with Gasteiger partial charge in [0.05, 0.1) is 8.89 Å². The van der Waals surface area contributed by atoms with Crippen LogP contribution in [0.15, 0.2) is 24.8 Å². The van der Waals surface area contributed by atoms with Gasteiger partial charge in [-0.1, -0.05) is 13.0 Å². The second-order valence-corrected chi connectivity index (χ2v) is 8.20. The summed E-state index contributed by atoms with van der Waals surface area (Å²) in [6, 6.07) is 4.55. The van der Waals surface area contributed by atoms with Crippen LogP contribution in [0.3, 0.4) is 0 Å². The summed E-state index contributed by atoms with van der Waals surface area (Å²) in [4.78, 5) is 17.0. The number of aryl methyl sites for hydroxylation is 1. The zero-order valence-electron chi connectivity index (χ0n) is 12.9. The van der Waals surface area contributed by atoms with Gasteiger partial charge in [0.2, 0.25) is 0 Å². The number of piperidine rings is 1. The molecule has 0 bridgehead atoms. The van der Waals surface area contributed by atoms with Crippen molar-refractivity contribution >= 4 is 38.0 Å². The van der Waals surface area contributed by atoms with Crippen molar-refractivity contribution in [3.05, 3.63) is 34.5 Å².